The number of anilines is 1. The van der Waals surface area contributed by atoms with E-state index in [0.29, 0.717) is 44.1 Å². The van der Waals surface area contributed by atoms with Crippen molar-refractivity contribution in [2.45, 2.75) is 6.42 Å². The van der Waals surface area contributed by atoms with Crippen LogP contribution in [0.15, 0.2) is 72.9 Å². The van der Waals surface area contributed by atoms with Crippen molar-refractivity contribution in [3.8, 4) is 22.4 Å². The van der Waals surface area contributed by atoms with E-state index < -0.39 is 10.0 Å². The smallest absolute Gasteiger partial charge is 0.229 e. The van der Waals surface area contributed by atoms with E-state index in [9.17, 15) is 13.2 Å². The summed E-state index contributed by atoms with van der Waals surface area (Å²) in [4.78, 5) is 23.9. The van der Waals surface area contributed by atoms with Gasteiger partial charge in [-0.15, -0.1) is 0 Å². The number of ether oxygens (including phenoxy) is 1. The first-order valence-electron chi connectivity index (χ1n) is 11.6. The molecule has 1 fully saturated rings. The molecule has 184 valence electrons. The number of nitrogens with zero attached hydrogens (tertiary/aromatic N) is 3. The number of sulfonamides is 1. The summed E-state index contributed by atoms with van der Waals surface area (Å²) in [6.45, 7) is 2.46. The minimum atomic E-state index is -3.39. The lowest BCUT2D eigenvalue weighted by Crippen LogP contribution is -2.41. The molecule has 36 heavy (non-hydrogen) atoms. The van der Waals surface area contributed by atoms with Gasteiger partial charge in [-0.25, -0.2) is 13.4 Å². The monoisotopic (exact) mass is 502 g/mol. The molecule has 0 radical (unpaired) electrons. The Morgan fingerprint density at radius 1 is 1.00 bits per heavy atom. The summed E-state index contributed by atoms with van der Waals surface area (Å²) in [5, 5.41) is 0. The van der Waals surface area contributed by atoms with Crippen molar-refractivity contribution in [2.24, 2.45) is 0 Å². The van der Waals surface area contributed by atoms with Gasteiger partial charge in [0.2, 0.25) is 15.9 Å². The van der Waals surface area contributed by atoms with Gasteiger partial charge in [-0.1, -0.05) is 48.5 Å². The van der Waals surface area contributed by atoms with E-state index in [1.165, 1.54) is 0 Å². The molecule has 3 aromatic carbocycles. The van der Waals surface area contributed by atoms with E-state index in [1.807, 2.05) is 53.4 Å². The zero-order chi connectivity index (χ0) is 25.1. The Morgan fingerprint density at radius 3 is 2.50 bits per heavy atom. The number of nitrogens with one attached hydrogen (secondary N) is 1. The number of benzene rings is 3. The van der Waals surface area contributed by atoms with Crippen LogP contribution in [0.25, 0.3) is 33.4 Å². The summed E-state index contributed by atoms with van der Waals surface area (Å²) in [6.07, 6.45) is 3.16. The Kier molecular flexibility index (Phi) is 6.67. The average molecular weight is 503 g/mol. The van der Waals surface area contributed by atoms with Gasteiger partial charge in [0.15, 0.2) is 0 Å². The molecule has 0 saturated carbocycles. The fourth-order valence-corrected chi connectivity index (χ4v) is 4.82. The van der Waals surface area contributed by atoms with Crippen molar-refractivity contribution < 1.29 is 17.9 Å². The largest absolute Gasteiger partial charge is 0.378 e. The SMILES string of the molecule is CS(=O)(=O)Nc1cccc(-c2cnc3cccc(-c4ccc(CC(=O)N5CCOCC5)cc4)c3n2)c1. The van der Waals surface area contributed by atoms with Gasteiger partial charge >= 0.3 is 0 Å². The van der Waals surface area contributed by atoms with Crippen molar-refractivity contribution in [2.75, 3.05) is 37.3 Å². The number of rotatable bonds is 6. The Morgan fingerprint density at radius 2 is 1.75 bits per heavy atom. The summed E-state index contributed by atoms with van der Waals surface area (Å²) in [6, 6.07) is 20.9. The molecule has 1 N–H and O–H groups in total. The molecular formula is C27H26N4O4S. The standard InChI is InChI=1S/C27H26N4O4S/c1-36(33,34)30-22-5-2-4-21(17-22)25-18-28-24-7-3-6-23(27(24)29-25)20-10-8-19(9-11-20)16-26(32)31-12-14-35-15-13-31/h2-11,17-18,30H,12-16H2,1H3. The van der Waals surface area contributed by atoms with Gasteiger partial charge in [-0.3, -0.25) is 14.5 Å². The summed E-state index contributed by atoms with van der Waals surface area (Å²) < 4.78 is 31.1. The van der Waals surface area contributed by atoms with E-state index in [1.54, 1.807) is 24.4 Å². The molecule has 9 heteroatoms. The van der Waals surface area contributed by atoms with Gasteiger partial charge in [0.05, 0.1) is 48.8 Å². The Labute approximate surface area is 210 Å². The number of aromatic nitrogens is 2. The highest BCUT2D eigenvalue weighted by molar-refractivity contribution is 7.92. The van der Waals surface area contributed by atoms with Gasteiger partial charge in [-0.05, 0) is 29.3 Å². The molecule has 1 amide bonds. The molecule has 0 atom stereocenters. The summed E-state index contributed by atoms with van der Waals surface area (Å²) >= 11 is 0. The van der Waals surface area contributed by atoms with Gasteiger partial charge in [0.1, 0.15) is 0 Å². The van der Waals surface area contributed by atoms with Crippen molar-refractivity contribution in [1.82, 2.24) is 14.9 Å². The van der Waals surface area contributed by atoms with Gasteiger partial charge < -0.3 is 9.64 Å². The molecule has 1 aliphatic heterocycles. The highest BCUT2D eigenvalue weighted by atomic mass is 32.2. The van der Waals surface area contributed by atoms with Crippen LogP contribution < -0.4 is 4.72 Å². The van der Waals surface area contributed by atoms with E-state index in [2.05, 4.69) is 9.71 Å². The molecular weight excluding hydrogens is 476 g/mol. The molecule has 4 aromatic rings. The average Bonchev–Trinajstić information content (AvgIpc) is 2.88. The van der Waals surface area contributed by atoms with Crippen LogP contribution in [0, 0.1) is 0 Å². The second kappa shape index (κ2) is 10.0. The molecule has 1 aliphatic rings. The van der Waals surface area contributed by atoms with Gasteiger partial charge in [0.25, 0.3) is 0 Å². The molecule has 0 bridgehead atoms. The molecule has 2 heterocycles. The normalized spacial score (nSPS) is 14.1. The van der Waals surface area contributed by atoms with Crippen LogP contribution in [0.1, 0.15) is 5.56 Å². The number of hydrogen-bond donors (Lipinski definition) is 1. The van der Waals surface area contributed by atoms with Crippen LogP contribution in [0.3, 0.4) is 0 Å². The van der Waals surface area contributed by atoms with Crippen LogP contribution >= 0.6 is 0 Å². The van der Waals surface area contributed by atoms with Crippen LogP contribution in [0.5, 0.6) is 0 Å². The van der Waals surface area contributed by atoms with Crippen LogP contribution in [-0.2, 0) is 26.0 Å². The topological polar surface area (TPSA) is 101 Å². The summed E-state index contributed by atoms with van der Waals surface area (Å²) in [5.74, 6) is 0.110. The fourth-order valence-electron chi connectivity index (χ4n) is 4.26. The molecule has 0 aliphatic carbocycles. The van der Waals surface area contributed by atoms with Crippen LogP contribution in [-0.4, -0.2) is 61.8 Å². The lowest BCUT2D eigenvalue weighted by atomic mass is 10.0. The van der Waals surface area contributed by atoms with E-state index in [4.69, 9.17) is 9.72 Å². The number of morpholine rings is 1. The molecule has 1 saturated heterocycles. The third-order valence-corrected chi connectivity index (χ3v) is 6.63. The fraction of sp³-hybridized carbons (Fsp3) is 0.222. The summed E-state index contributed by atoms with van der Waals surface area (Å²) in [5.41, 5.74) is 6.22. The maximum absolute atomic E-state index is 12.6. The molecule has 1 aromatic heterocycles. The van der Waals surface area contributed by atoms with Crippen molar-refractivity contribution in [3.63, 3.8) is 0 Å². The maximum Gasteiger partial charge on any atom is 0.229 e. The number of para-hydroxylation sites is 1. The van der Waals surface area contributed by atoms with Gasteiger partial charge in [0, 0.05) is 29.9 Å². The predicted octanol–water partition coefficient (Wildman–Crippen LogP) is 3.74. The predicted molar refractivity (Wildman–Crippen MR) is 140 cm³/mol. The minimum absolute atomic E-state index is 0.110. The third kappa shape index (κ3) is 5.53. The van der Waals surface area contributed by atoms with Crippen LogP contribution in [0.4, 0.5) is 5.69 Å². The lowest BCUT2D eigenvalue weighted by molar-refractivity contribution is -0.134. The Hall–Kier alpha value is -3.82. The number of carbonyl (C=O) groups is 1. The van der Waals surface area contributed by atoms with Crippen LogP contribution in [0.2, 0.25) is 0 Å². The number of amides is 1. The lowest BCUT2D eigenvalue weighted by Gasteiger charge is -2.26. The minimum Gasteiger partial charge on any atom is -0.378 e. The number of fused-ring (bicyclic) bond motifs is 1. The van der Waals surface area contributed by atoms with Gasteiger partial charge in [-0.2, -0.15) is 0 Å². The van der Waals surface area contributed by atoms with Crippen molar-refractivity contribution in [3.05, 3.63) is 78.5 Å². The number of hydrogen-bond acceptors (Lipinski definition) is 6. The zero-order valence-corrected chi connectivity index (χ0v) is 20.7. The molecule has 0 unspecified atom stereocenters. The van der Waals surface area contributed by atoms with E-state index >= 15 is 0 Å². The van der Waals surface area contributed by atoms with E-state index in [-0.39, 0.29) is 5.91 Å². The third-order valence-electron chi connectivity index (χ3n) is 6.02. The second-order valence-corrected chi connectivity index (χ2v) is 10.5. The van der Waals surface area contributed by atoms with Crippen molar-refractivity contribution in [1.29, 1.82) is 0 Å². The zero-order valence-electron chi connectivity index (χ0n) is 19.8. The highest BCUT2D eigenvalue weighted by Gasteiger charge is 2.17. The first-order valence-corrected chi connectivity index (χ1v) is 13.5. The highest BCUT2D eigenvalue weighted by Crippen LogP contribution is 2.29. The number of carbonyl (C=O) groups excluding carboxylic acids is 1. The van der Waals surface area contributed by atoms with Crippen molar-refractivity contribution >= 4 is 32.7 Å². The Balaban J connectivity index is 1.43. The molecule has 5 rings (SSSR count). The van der Waals surface area contributed by atoms with E-state index in [0.717, 1.165) is 39.5 Å². The molecule has 0 spiro atoms. The first kappa shape index (κ1) is 23.9. The second-order valence-electron chi connectivity index (χ2n) is 8.75. The first-order chi connectivity index (χ1) is 17.4. The summed E-state index contributed by atoms with van der Waals surface area (Å²) in [7, 11) is -3.39. The Bertz CT molecular complexity index is 1510. The maximum atomic E-state index is 12.6. The quantitative estimate of drug-likeness (QED) is 0.431. The molecule has 8 nitrogen and oxygen atoms in total.